The van der Waals surface area contributed by atoms with Gasteiger partial charge in [0.2, 0.25) is 0 Å². The van der Waals surface area contributed by atoms with Crippen molar-refractivity contribution in [3.63, 3.8) is 0 Å². The van der Waals surface area contributed by atoms with Crippen LogP contribution in [0.4, 0.5) is 0 Å². The van der Waals surface area contributed by atoms with E-state index in [0.717, 1.165) is 5.56 Å². The molecule has 1 rings (SSSR count). The van der Waals surface area contributed by atoms with Crippen molar-refractivity contribution in [2.75, 3.05) is 0 Å². The van der Waals surface area contributed by atoms with Gasteiger partial charge in [-0.2, -0.15) is 0 Å². The summed E-state index contributed by atoms with van der Waals surface area (Å²) in [6.07, 6.45) is 0.635. The molecule has 80 valence electrons. The monoisotopic (exact) mass is 235 g/mol. The van der Waals surface area contributed by atoms with E-state index in [9.17, 15) is 4.79 Å². The molecular weight excluding hydrogens is 221 g/mol. The third-order valence-electron chi connectivity index (χ3n) is 1.82. The van der Waals surface area contributed by atoms with Crippen LogP contribution in [0, 0.1) is 0 Å². The van der Waals surface area contributed by atoms with E-state index in [1.165, 1.54) is 6.92 Å². The Morgan fingerprint density at radius 3 is 2.21 bits per heavy atom. The molecule has 1 aromatic carbocycles. The largest absolute Gasteiger partial charge is 0.321 e. The van der Waals surface area contributed by atoms with Crippen molar-refractivity contribution in [2.45, 2.75) is 19.4 Å². The van der Waals surface area contributed by atoms with E-state index in [2.05, 4.69) is 0 Å². The SMILES string of the molecule is CC(=O)[C@@H](N)Cc1ccccc1.Cl.Cl. The summed E-state index contributed by atoms with van der Waals surface area (Å²) >= 11 is 0. The number of carbonyl (C=O) groups excluding carboxylic acids is 1. The highest BCUT2D eigenvalue weighted by atomic mass is 35.5. The predicted molar refractivity (Wildman–Crippen MR) is 63.3 cm³/mol. The Morgan fingerprint density at radius 1 is 1.29 bits per heavy atom. The van der Waals surface area contributed by atoms with Gasteiger partial charge in [-0.15, -0.1) is 24.8 Å². The molecule has 0 aliphatic heterocycles. The maximum Gasteiger partial charge on any atom is 0.146 e. The summed E-state index contributed by atoms with van der Waals surface area (Å²) in [5, 5.41) is 0. The van der Waals surface area contributed by atoms with Crippen LogP contribution in [0.1, 0.15) is 12.5 Å². The third kappa shape index (κ3) is 5.22. The smallest absolute Gasteiger partial charge is 0.146 e. The van der Waals surface area contributed by atoms with Crippen molar-refractivity contribution in [3.8, 4) is 0 Å². The number of carbonyl (C=O) groups is 1. The van der Waals surface area contributed by atoms with Crippen LogP contribution in [0.5, 0.6) is 0 Å². The van der Waals surface area contributed by atoms with Crippen LogP contribution in [0.2, 0.25) is 0 Å². The molecule has 0 fully saturated rings. The van der Waals surface area contributed by atoms with Gasteiger partial charge in [0, 0.05) is 0 Å². The van der Waals surface area contributed by atoms with Gasteiger partial charge in [-0.3, -0.25) is 4.79 Å². The first-order chi connectivity index (χ1) is 5.70. The standard InChI is InChI=1S/C10H13NO.2ClH/c1-8(12)10(11)7-9-5-3-2-4-6-9;;/h2-6,10H,7,11H2,1H3;2*1H/t10-;;/m0../s1. The first-order valence-electron chi connectivity index (χ1n) is 4.00. The van der Waals surface area contributed by atoms with E-state index >= 15 is 0 Å². The molecule has 4 heteroatoms. The lowest BCUT2D eigenvalue weighted by Gasteiger charge is -2.06. The van der Waals surface area contributed by atoms with Gasteiger partial charge in [0.1, 0.15) is 5.78 Å². The Bertz CT molecular complexity index is 264. The second kappa shape index (κ2) is 7.80. The lowest BCUT2D eigenvalue weighted by atomic mass is 10.0. The van der Waals surface area contributed by atoms with Gasteiger partial charge in [-0.1, -0.05) is 30.3 Å². The van der Waals surface area contributed by atoms with Crippen molar-refractivity contribution in [2.24, 2.45) is 5.73 Å². The number of halogens is 2. The minimum absolute atomic E-state index is 0. The summed E-state index contributed by atoms with van der Waals surface area (Å²) in [5.41, 5.74) is 6.71. The van der Waals surface area contributed by atoms with Gasteiger partial charge < -0.3 is 5.73 Å². The van der Waals surface area contributed by atoms with Crippen LogP contribution in [-0.2, 0) is 11.2 Å². The van der Waals surface area contributed by atoms with Crippen LogP contribution in [0.3, 0.4) is 0 Å². The van der Waals surface area contributed by atoms with E-state index < -0.39 is 0 Å². The molecule has 0 aliphatic rings. The van der Waals surface area contributed by atoms with E-state index in [0.29, 0.717) is 6.42 Å². The maximum absolute atomic E-state index is 10.8. The first-order valence-corrected chi connectivity index (χ1v) is 4.00. The Hall–Kier alpha value is -0.570. The number of nitrogens with two attached hydrogens (primary N) is 1. The molecule has 2 N–H and O–H groups in total. The zero-order valence-corrected chi connectivity index (χ0v) is 9.61. The van der Waals surface area contributed by atoms with Gasteiger partial charge in [0.15, 0.2) is 0 Å². The van der Waals surface area contributed by atoms with E-state index in [1.807, 2.05) is 30.3 Å². The molecule has 14 heavy (non-hydrogen) atoms. The molecule has 0 unspecified atom stereocenters. The van der Waals surface area contributed by atoms with E-state index in [1.54, 1.807) is 0 Å². The fourth-order valence-corrected chi connectivity index (χ4v) is 1.01. The fraction of sp³-hybridized carbons (Fsp3) is 0.300. The Morgan fingerprint density at radius 2 is 1.79 bits per heavy atom. The summed E-state index contributed by atoms with van der Waals surface area (Å²) in [6.45, 7) is 1.52. The number of Topliss-reactive ketones (excluding diaryl/α,β-unsaturated/α-hetero) is 1. The van der Waals surface area contributed by atoms with Crippen molar-refractivity contribution >= 4 is 30.6 Å². The topological polar surface area (TPSA) is 43.1 Å². The van der Waals surface area contributed by atoms with E-state index in [-0.39, 0.29) is 36.6 Å². The zero-order chi connectivity index (χ0) is 8.97. The van der Waals surface area contributed by atoms with Crippen LogP contribution < -0.4 is 5.73 Å². The summed E-state index contributed by atoms with van der Waals surface area (Å²) in [5.74, 6) is 0.0406. The Kier molecular flexibility index (Phi) is 8.85. The summed E-state index contributed by atoms with van der Waals surface area (Å²) < 4.78 is 0. The Balaban J connectivity index is 0. The van der Waals surface area contributed by atoms with Crippen LogP contribution in [-0.4, -0.2) is 11.8 Å². The molecule has 0 saturated heterocycles. The van der Waals surface area contributed by atoms with Crippen molar-refractivity contribution in [3.05, 3.63) is 35.9 Å². The molecule has 0 aliphatic carbocycles. The molecule has 0 spiro atoms. The first kappa shape index (κ1) is 15.9. The summed E-state index contributed by atoms with van der Waals surface area (Å²) in [7, 11) is 0. The fourth-order valence-electron chi connectivity index (χ4n) is 1.01. The van der Waals surface area contributed by atoms with Crippen molar-refractivity contribution < 1.29 is 4.79 Å². The molecule has 1 aromatic rings. The van der Waals surface area contributed by atoms with Crippen LogP contribution in [0.25, 0.3) is 0 Å². The molecule has 0 heterocycles. The number of hydrogen-bond acceptors (Lipinski definition) is 2. The molecule has 2 nitrogen and oxygen atoms in total. The third-order valence-corrected chi connectivity index (χ3v) is 1.82. The average molecular weight is 236 g/mol. The molecule has 0 amide bonds. The molecule has 0 saturated carbocycles. The number of benzene rings is 1. The van der Waals surface area contributed by atoms with Crippen LogP contribution >= 0.6 is 24.8 Å². The molecular formula is C10H15Cl2NO. The van der Waals surface area contributed by atoms with Gasteiger partial charge >= 0.3 is 0 Å². The molecule has 0 bridgehead atoms. The van der Waals surface area contributed by atoms with Gasteiger partial charge in [-0.25, -0.2) is 0 Å². The minimum atomic E-state index is -0.354. The van der Waals surface area contributed by atoms with Crippen molar-refractivity contribution in [1.29, 1.82) is 0 Å². The van der Waals surface area contributed by atoms with Gasteiger partial charge in [0.25, 0.3) is 0 Å². The van der Waals surface area contributed by atoms with E-state index in [4.69, 9.17) is 5.73 Å². The van der Waals surface area contributed by atoms with Gasteiger partial charge in [-0.05, 0) is 18.9 Å². The Labute approximate surface area is 96.7 Å². The number of hydrogen-bond donors (Lipinski definition) is 1. The molecule has 0 radical (unpaired) electrons. The normalized spacial score (nSPS) is 10.7. The molecule has 1 atom stereocenters. The minimum Gasteiger partial charge on any atom is -0.321 e. The quantitative estimate of drug-likeness (QED) is 0.872. The number of rotatable bonds is 3. The highest BCUT2D eigenvalue weighted by Crippen LogP contribution is 2.01. The average Bonchev–Trinajstić information content (AvgIpc) is 2.06. The lowest BCUT2D eigenvalue weighted by Crippen LogP contribution is -2.30. The number of ketones is 1. The highest BCUT2D eigenvalue weighted by molar-refractivity contribution is 5.85. The summed E-state index contributed by atoms with van der Waals surface area (Å²) in [6, 6.07) is 9.44. The predicted octanol–water partition coefficient (Wildman–Crippen LogP) is 1.99. The zero-order valence-electron chi connectivity index (χ0n) is 7.97. The lowest BCUT2D eigenvalue weighted by molar-refractivity contribution is -0.118. The summed E-state index contributed by atoms with van der Waals surface area (Å²) in [4.78, 5) is 10.8. The van der Waals surface area contributed by atoms with Crippen molar-refractivity contribution in [1.82, 2.24) is 0 Å². The maximum atomic E-state index is 10.8. The van der Waals surface area contributed by atoms with Gasteiger partial charge in [0.05, 0.1) is 6.04 Å². The second-order valence-corrected chi connectivity index (χ2v) is 2.91. The highest BCUT2D eigenvalue weighted by Gasteiger charge is 2.07. The van der Waals surface area contributed by atoms with Crippen LogP contribution in [0.15, 0.2) is 30.3 Å². The molecule has 0 aromatic heterocycles. The second-order valence-electron chi connectivity index (χ2n) is 2.91.